The van der Waals surface area contributed by atoms with Gasteiger partial charge in [0.15, 0.2) is 0 Å². The first-order chi connectivity index (χ1) is 21.5. The third-order valence-corrected chi connectivity index (χ3v) is 8.42. The number of hydrogen-bond acceptors (Lipinski definition) is 6. The van der Waals surface area contributed by atoms with Gasteiger partial charge in [-0.15, -0.1) is 0 Å². The van der Waals surface area contributed by atoms with Gasteiger partial charge in [-0.3, -0.25) is 14.5 Å². The number of aromatic nitrogens is 1. The number of anilines is 1. The van der Waals surface area contributed by atoms with Crippen LogP contribution in [0.1, 0.15) is 45.7 Å². The lowest BCUT2D eigenvalue weighted by Crippen LogP contribution is -2.49. The van der Waals surface area contributed by atoms with Crippen molar-refractivity contribution < 1.29 is 29.3 Å². The molecule has 0 spiro atoms. The zero-order valence-electron chi connectivity index (χ0n) is 26.1. The average Bonchev–Trinajstić information content (AvgIpc) is 3.33. The van der Waals surface area contributed by atoms with Gasteiger partial charge in [-0.2, -0.15) is 0 Å². The number of para-hydroxylation sites is 1. The van der Waals surface area contributed by atoms with Crippen LogP contribution in [0, 0.1) is 5.92 Å². The van der Waals surface area contributed by atoms with Gasteiger partial charge < -0.3 is 29.7 Å². The van der Waals surface area contributed by atoms with Crippen molar-refractivity contribution in [1.29, 1.82) is 0 Å². The smallest absolute Gasteiger partial charge is 0.335 e. The van der Waals surface area contributed by atoms with Gasteiger partial charge in [0.05, 0.1) is 30.2 Å². The number of carboxylic acid groups (broad SMARTS) is 1. The van der Waals surface area contributed by atoms with Crippen LogP contribution in [-0.2, 0) is 24.8 Å². The topological polar surface area (TPSA) is 124 Å². The molecule has 10 nitrogen and oxygen atoms in total. The molecule has 236 valence electrons. The van der Waals surface area contributed by atoms with Crippen LogP contribution >= 0.6 is 0 Å². The highest BCUT2D eigenvalue weighted by molar-refractivity contribution is 6.01. The van der Waals surface area contributed by atoms with E-state index in [1.165, 1.54) is 0 Å². The zero-order valence-corrected chi connectivity index (χ0v) is 26.1. The molecule has 3 aromatic carbocycles. The number of fused-ring (bicyclic) bond motifs is 2. The number of likely N-dealkylation sites (N-methyl/N-ethyl adjacent to an activating group) is 1. The van der Waals surface area contributed by atoms with Crippen molar-refractivity contribution in [3.63, 3.8) is 0 Å². The van der Waals surface area contributed by atoms with E-state index in [0.29, 0.717) is 36.6 Å². The van der Waals surface area contributed by atoms with Gasteiger partial charge in [-0.05, 0) is 61.5 Å². The quantitative estimate of drug-likeness (QED) is 0.242. The fraction of sp³-hybridized carbons (Fsp3) is 0.343. The number of nitrogens with one attached hydrogen (secondary N) is 1. The van der Waals surface area contributed by atoms with Crippen molar-refractivity contribution in [1.82, 2.24) is 14.4 Å². The summed E-state index contributed by atoms with van der Waals surface area (Å²) in [6.07, 6.45) is 1.85. The average molecular weight is 613 g/mol. The van der Waals surface area contributed by atoms with Gasteiger partial charge in [0.1, 0.15) is 11.9 Å². The highest BCUT2D eigenvalue weighted by Gasteiger charge is 2.33. The largest absolute Gasteiger partial charge is 0.488 e. The van der Waals surface area contributed by atoms with E-state index in [0.717, 1.165) is 22.0 Å². The van der Waals surface area contributed by atoms with Crippen LogP contribution < -0.4 is 10.1 Å². The number of hydrogen-bond donors (Lipinski definition) is 3. The lowest BCUT2D eigenvalue weighted by molar-refractivity contribution is -0.115. The molecule has 0 fully saturated rings. The normalized spacial score (nSPS) is 17.4. The zero-order chi connectivity index (χ0) is 32.2. The second kappa shape index (κ2) is 13.5. The minimum atomic E-state index is -0.964. The number of amides is 2. The van der Waals surface area contributed by atoms with E-state index in [-0.39, 0.29) is 42.4 Å². The Morgan fingerprint density at radius 3 is 2.56 bits per heavy atom. The molecule has 0 bridgehead atoms. The molecule has 0 saturated carbocycles. The van der Waals surface area contributed by atoms with Crippen molar-refractivity contribution in [2.24, 2.45) is 13.0 Å². The molecular weight excluding hydrogens is 572 g/mol. The second-order valence-corrected chi connectivity index (χ2v) is 12.0. The van der Waals surface area contributed by atoms with Gasteiger partial charge in [0, 0.05) is 55.4 Å². The van der Waals surface area contributed by atoms with E-state index in [9.17, 15) is 24.6 Å². The number of aliphatic hydroxyl groups is 1. The van der Waals surface area contributed by atoms with Crippen LogP contribution in [0.3, 0.4) is 0 Å². The molecular formula is C35H40N4O6. The standard InChI is InChI=1S/C35H40N4O6/c1-22-17-39(23(2)21-40)34(42)29-16-27(36-33(41)15-26-19-38(4)30-8-6-5-7-28(26)30)13-14-31(29)45-32(22)20-37(3)18-24-9-11-25(12-10-24)35(43)44/h5-14,16,19,22-23,32,40H,15,17-18,20-21H2,1-4H3,(H,36,41)(H,43,44)/t22-,23+,32+/m0/s1. The minimum absolute atomic E-state index is 0.0620. The first kappa shape index (κ1) is 31.7. The molecule has 3 N–H and O–H groups in total. The van der Waals surface area contributed by atoms with Crippen molar-refractivity contribution in [2.45, 2.75) is 39.0 Å². The summed E-state index contributed by atoms with van der Waals surface area (Å²) in [5.41, 5.74) is 3.98. The van der Waals surface area contributed by atoms with E-state index in [4.69, 9.17) is 4.74 Å². The molecule has 5 rings (SSSR count). The van der Waals surface area contributed by atoms with Crippen LogP contribution in [0.2, 0.25) is 0 Å². The van der Waals surface area contributed by atoms with Crippen molar-refractivity contribution >= 4 is 34.4 Å². The predicted octanol–water partition coefficient (Wildman–Crippen LogP) is 4.41. The lowest BCUT2D eigenvalue weighted by Gasteiger charge is -2.38. The predicted molar refractivity (Wildman–Crippen MR) is 173 cm³/mol. The Kier molecular flexibility index (Phi) is 9.55. The van der Waals surface area contributed by atoms with Gasteiger partial charge in [-0.25, -0.2) is 4.79 Å². The molecule has 0 radical (unpaired) electrons. The Morgan fingerprint density at radius 2 is 1.84 bits per heavy atom. The number of aryl methyl sites for hydroxylation is 1. The summed E-state index contributed by atoms with van der Waals surface area (Å²) in [6.45, 7) is 5.15. The van der Waals surface area contributed by atoms with Gasteiger partial charge in [0.25, 0.3) is 5.91 Å². The molecule has 1 aliphatic rings. The van der Waals surface area contributed by atoms with Crippen LogP contribution in [0.25, 0.3) is 10.9 Å². The fourth-order valence-corrected chi connectivity index (χ4v) is 5.90. The van der Waals surface area contributed by atoms with E-state index in [1.54, 1.807) is 47.4 Å². The molecule has 4 aromatic rings. The number of aromatic carboxylic acids is 1. The molecule has 2 amide bonds. The monoisotopic (exact) mass is 612 g/mol. The lowest BCUT2D eigenvalue weighted by atomic mass is 9.99. The van der Waals surface area contributed by atoms with Gasteiger partial charge in [0.2, 0.25) is 5.91 Å². The minimum Gasteiger partial charge on any atom is -0.488 e. The molecule has 10 heteroatoms. The third-order valence-electron chi connectivity index (χ3n) is 8.42. The Bertz CT molecular complexity index is 1700. The second-order valence-electron chi connectivity index (χ2n) is 12.0. The fourth-order valence-electron chi connectivity index (χ4n) is 5.90. The number of nitrogens with zero attached hydrogens (tertiary/aromatic N) is 3. The number of carbonyl (C=O) groups excluding carboxylic acids is 2. The maximum absolute atomic E-state index is 13.8. The number of aliphatic hydroxyl groups excluding tert-OH is 1. The van der Waals surface area contributed by atoms with Crippen LogP contribution in [0.5, 0.6) is 5.75 Å². The van der Waals surface area contributed by atoms with Crippen LogP contribution in [0.15, 0.2) is 72.9 Å². The van der Waals surface area contributed by atoms with Crippen molar-refractivity contribution in [2.75, 3.05) is 32.1 Å². The third kappa shape index (κ3) is 7.19. The van der Waals surface area contributed by atoms with Crippen molar-refractivity contribution in [3.8, 4) is 5.75 Å². The maximum Gasteiger partial charge on any atom is 0.335 e. The molecule has 3 atom stereocenters. The molecule has 0 unspecified atom stereocenters. The van der Waals surface area contributed by atoms with Gasteiger partial charge >= 0.3 is 5.97 Å². The first-order valence-electron chi connectivity index (χ1n) is 15.1. The van der Waals surface area contributed by atoms with E-state index < -0.39 is 12.0 Å². The number of ether oxygens (including phenoxy) is 1. The van der Waals surface area contributed by atoms with E-state index >= 15 is 0 Å². The van der Waals surface area contributed by atoms with E-state index in [2.05, 4.69) is 10.2 Å². The Hall–Kier alpha value is -4.67. The summed E-state index contributed by atoms with van der Waals surface area (Å²) >= 11 is 0. The Balaban J connectivity index is 1.35. The summed E-state index contributed by atoms with van der Waals surface area (Å²) in [4.78, 5) is 41.9. The first-order valence-corrected chi connectivity index (χ1v) is 15.1. The molecule has 0 aliphatic carbocycles. The molecule has 1 aliphatic heterocycles. The van der Waals surface area contributed by atoms with E-state index in [1.807, 2.05) is 63.0 Å². The molecule has 45 heavy (non-hydrogen) atoms. The molecule has 0 saturated heterocycles. The molecule has 1 aromatic heterocycles. The molecule has 2 heterocycles. The highest BCUT2D eigenvalue weighted by Crippen LogP contribution is 2.31. The summed E-state index contributed by atoms with van der Waals surface area (Å²) in [5.74, 6) is -1.08. The summed E-state index contributed by atoms with van der Waals surface area (Å²) in [5, 5.41) is 23.2. The highest BCUT2D eigenvalue weighted by atomic mass is 16.5. The summed E-state index contributed by atoms with van der Waals surface area (Å²) in [6, 6.07) is 19.4. The number of carbonyl (C=O) groups is 3. The SMILES string of the molecule is C[C@H](CO)N1C[C@H](C)[C@@H](CN(C)Cc2ccc(C(=O)O)cc2)Oc2ccc(NC(=O)Cc3cn(C)c4ccccc34)cc2C1=O. The number of carboxylic acids is 1. The Morgan fingerprint density at radius 1 is 1.11 bits per heavy atom. The number of benzene rings is 3. The van der Waals surface area contributed by atoms with Crippen LogP contribution in [0.4, 0.5) is 5.69 Å². The number of rotatable bonds is 10. The summed E-state index contributed by atoms with van der Waals surface area (Å²) < 4.78 is 8.50. The maximum atomic E-state index is 13.8. The van der Waals surface area contributed by atoms with Crippen LogP contribution in [-0.4, -0.2) is 81.3 Å². The Labute approximate surface area is 262 Å². The van der Waals surface area contributed by atoms with Crippen molar-refractivity contribution in [3.05, 3.63) is 95.2 Å². The van der Waals surface area contributed by atoms with Gasteiger partial charge in [-0.1, -0.05) is 37.3 Å². The summed E-state index contributed by atoms with van der Waals surface area (Å²) in [7, 11) is 3.92.